The smallest absolute Gasteiger partial charge is 0.408 e. The Kier molecular flexibility index (Phi) is 7.78. The van der Waals surface area contributed by atoms with Gasteiger partial charge in [0.2, 0.25) is 0 Å². The molecule has 2 N–H and O–H groups in total. The van der Waals surface area contributed by atoms with Crippen molar-refractivity contribution in [2.45, 2.75) is 45.4 Å². The summed E-state index contributed by atoms with van der Waals surface area (Å²) in [5.41, 5.74) is 0.991. The number of aliphatic hydroxyl groups excluding tert-OH is 1. The van der Waals surface area contributed by atoms with Crippen LogP contribution in [0.25, 0.3) is 6.08 Å². The van der Waals surface area contributed by atoms with E-state index >= 15 is 0 Å². The minimum absolute atomic E-state index is 0.232. The van der Waals surface area contributed by atoms with Gasteiger partial charge in [-0.1, -0.05) is 48.5 Å². The summed E-state index contributed by atoms with van der Waals surface area (Å²) >= 11 is 0. The molecule has 0 heterocycles. The van der Waals surface area contributed by atoms with Crippen molar-refractivity contribution in [1.82, 2.24) is 5.32 Å². The van der Waals surface area contributed by atoms with Gasteiger partial charge in [-0.3, -0.25) is 4.79 Å². The van der Waals surface area contributed by atoms with E-state index in [9.17, 15) is 14.7 Å². The highest BCUT2D eigenvalue weighted by Crippen LogP contribution is 2.22. The molecule has 0 aliphatic carbocycles. The monoisotopic (exact) mass is 411 g/mol. The number of hydrogen-bond acceptors (Lipinski definition) is 5. The van der Waals surface area contributed by atoms with Crippen LogP contribution in [-0.4, -0.2) is 41.8 Å². The second kappa shape index (κ2) is 10.1. The number of alkyl carbamates (subject to hydrolysis) is 1. The molecule has 160 valence electrons. The molecule has 30 heavy (non-hydrogen) atoms. The second-order valence-electron chi connectivity index (χ2n) is 7.93. The van der Waals surface area contributed by atoms with Crippen molar-refractivity contribution in [3.8, 4) is 5.75 Å². The number of aliphatic hydroxyl groups is 1. The summed E-state index contributed by atoms with van der Waals surface area (Å²) in [7, 11) is 1.45. The lowest BCUT2D eigenvalue weighted by molar-refractivity contribution is 0.0436. The predicted molar refractivity (Wildman–Crippen MR) is 117 cm³/mol. The van der Waals surface area contributed by atoms with Crippen molar-refractivity contribution < 1.29 is 24.2 Å². The molecule has 2 aromatic rings. The lowest BCUT2D eigenvalue weighted by atomic mass is 9.94. The Hall–Kier alpha value is -3.12. The zero-order chi connectivity index (χ0) is 22.3. The van der Waals surface area contributed by atoms with Gasteiger partial charge in [0.05, 0.1) is 18.7 Å². The first kappa shape index (κ1) is 23.2. The van der Waals surface area contributed by atoms with Crippen molar-refractivity contribution in [3.05, 3.63) is 71.3 Å². The number of carbonyl (C=O) groups is 2. The summed E-state index contributed by atoms with van der Waals surface area (Å²) in [6, 6.07) is 15.1. The quantitative estimate of drug-likeness (QED) is 0.666. The number of nitrogens with one attached hydrogen (secondary N) is 1. The normalized spacial score (nSPS) is 13.9. The molecule has 0 aromatic heterocycles. The van der Waals surface area contributed by atoms with Crippen molar-refractivity contribution >= 4 is 18.0 Å². The number of carbonyl (C=O) groups excluding carboxylic acids is 2. The summed E-state index contributed by atoms with van der Waals surface area (Å²) in [6.45, 7) is 6.97. The fraction of sp³-hybridized carbons (Fsp3) is 0.333. The van der Waals surface area contributed by atoms with Gasteiger partial charge in [0.1, 0.15) is 17.5 Å². The number of hydrogen-bond donors (Lipinski definition) is 2. The lowest BCUT2D eigenvalue weighted by Gasteiger charge is -2.27. The van der Waals surface area contributed by atoms with Gasteiger partial charge in [-0.05, 0) is 51.0 Å². The minimum Gasteiger partial charge on any atom is -0.496 e. The maximum Gasteiger partial charge on any atom is 0.408 e. The van der Waals surface area contributed by atoms with E-state index < -0.39 is 29.6 Å². The number of ether oxygens (including phenoxy) is 2. The molecule has 0 bridgehead atoms. The molecule has 0 fully saturated rings. The lowest BCUT2D eigenvalue weighted by Crippen LogP contribution is -2.49. The molecule has 6 nitrogen and oxygen atoms in total. The zero-order valence-electron chi connectivity index (χ0n) is 18.0. The number of Topliss-reactive ketones (excluding diaryl/α,β-unsaturated/α-hetero) is 1. The Morgan fingerprint density at radius 1 is 1.03 bits per heavy atom. The Bertz CT molecular complexity index is 899. The van der Waals surface area contributed by atoms with Crippen LogP contribution >= 0.6 is 0 Å². The Morgan fingerprint density at radius 3 is 2.23 bits per heavy atom. The van der Waals surface area contributed by atoms with E-state index in [1.807, 2.05) is 30.3 Å². The fourth-order valence-electron chi connectivity index (χ4n) is 2.94. The van der Waals surface area contributed by atoms with E-state index in [0.29, 0.717) is 11.3 Å². The van der Waals surface area contributed by atoms with E-state index in [4.69, 9.17) is 9.47 Å². The fourth-order valence-corrected chi connectivity index (χ4v) is 2.94. The van der Waals surface area contributed by atoms with Crippen LogP contribution in [0.4, 0.5) is 4.79 Å². The van der Waals surface area contributed by atoms with Gasteiger partial charge in [0, 0.05) is 0 Å². The Balaban J connectivity index is 2.37. The van der Waals surface area contributed by atoms with Crippen LogP contribution in [0, 0.1) is 0 Å². The zero-order valence-corrected chi connectivity index (χ0v) is 18.0. The first-order valence-electron chi connectivity index (χ1n) is 9.70. The molecule has 0 saturated heterocycles. The molecule has 0 saturated carbocycles. The SMILES string of the molecule is COc1ccccc1C(=O)[C@H](O)[C@@H](NC(=O)OC(C)(C)C)/C(C)=C/c1ccccc1. The largest absolute Gasteiger partial charge is 0.496 e. The predicted octanol–water partition coefficient (Wildman–Crippen LogP) is 4.24. The van der Waals surface area contributed by atoms with E-state index in [0.717, 1.165) is 5.56 Å². The highest BCUT2D eigenvalue weighted by Gasteiger charge is 2.32. The standard InChI is InChI=1S/C24H29NO5/c1-16(15-17-11-7-6-8-12-17)20(25-23(28)30-24(2,3)4)22(27)21(26)18-13-9-10-14-19(18)29-5/h6-15,20,22,27H,1-5H3,(H,25,28)/b16-15+/t20-,22+/m0/s1. The first-order chi connectivity index (χ1) is 14.1. The molecule has 0 aliphatic heterocycles. The van der Waals surface area contributed by atoms with Crippen molar-refractivity contribution in [2.24, 2.45) is 0 Å². The number of methoxy groups -OCH3 is 1. The number of rotatable bonds is 7. The van der Waals surface area contributed by atoms with Gasteiger partial charge in [-0.25, -0.2) is 4.79 Å². The molecule has 0 unspecified atom stereocenters. The minimum atomic E-state index is -1.53. The first-order valence-corrected chi connectivity index (χ1v) is 9.70. The Labute approximate surface area is 177 Å². The molecule has 2 rings (SSSR count). The van der Waals surface area contributed by atoms with Crippen LogP contribution in [0.2, 0.25) is 0 Å². The third-order valence-electron chi connectivity index (χ3n) is 4.31. The van der Waals surface area contributed by atoms with Gasteiger partial charge >= 0.3 is 6.09 Å². The summed E-state index contributed by atoms with van der Waals surface area (Å²) in [5.74, 6) is -0.211. The molecule has 2 aromatic carbocycles. The van der Waals surface area contributed by atoms with E-state index in [-0.39, 0.29) is 5.56 Å². The average molecular weight is 411 g/mol. The highest BCUT2D eigenvalue weighted by atomic mass is 16.6. The van der Waals surface area contributed by atoms with E-state index in [2.05, 4.69) is 5.32 Å². The molecule has 0 radical (unpaired) electrons. The second-order valence-corrected chi connectivity index (χ2v) is 7.93. The van der Waals surface area contributed by atoms with Gasteiger partial charge in [-0.2, -0.15) is 0 Å². The van der Waals surface area contributed by atoms with Crippen LogP contribution < -0.4 is 10.1 Å². The summed E-state index contributed by atoms with van der Waals surface area (Å²) in [5, 5.41) is 13.6. The number of ketones is 1. The molecule has 6 heteroatoms. The number of benzene rings is 2. The van der Waals surface area contributed by atoms with Crippen LogP contribution in [0.1, 0.15) is 43.6 Å². The van der Waals surface area contributed by atoms with Gasteiger partial charge in [-0.15, -0.1) is 0 Å². The van der Waals surface area contributed by atoms with Crippen LogP contribution in [-0.2, 0) is 4.74 Å². The van der Waals surface area contributed by atoms with Gasteiger partial charge in [0.15, 0.2) is 5.78 Å². The molecular formula is C24H29NO5. The third-order valence-corrected chi connectivity index (χ3v) is 4.31. The van der Waals surface area contributed by atoms with Crippen molar-refractivity contribution in [3.63, 3.8) is 0 Å². The Morgan fingerprint density at radius 2 is 1.63 bits per heavy atom. The van der Waals surface area contributed by atoms with Crippen molar-refractivity contribution in [1.29, 1.82) is 0 Å². The van der Waals surface area contributed by atoms with Crippen LogP contribution in [0.15, 0.2) is 60.2 Å². The van der Waals surface area contributed by atoms with Gasteiger partial charge in [0.25, 0.3) is 0 Å². The third kappa shape index (κ3) is 6.46. The maximum absolute atomic E-state index is 13.0. The molecule has 1 amide bonds. The van der Waals surface area contributed by atoms with E-state index in [1.54, 1.807) is 58.0 Å². The number of para-hydroxylation sites is 1. The van der Waals surface area contributed by atoms with Gasteiger partial charge < -0.3 is 19.9 Å². The van der Waals surface area contributed by atoms with Crippen molar-refractivity contribution in [2.75, 3.05) is 7.11 Å². The molecule has 0 spiro atoms. The molecule has 2 atom stereocenters. The topological polar surface area (TPSA) is 84.9 Å². The summed E-state index contributed by atoms with van der Waals surface area (Å²) in [4.78, 5) is 25.4. The summed E-state index contributed by atoms with van der Waals surface area (Å²) in [6.07, 6.45) is -0.449. The average Bonchev–Trinajstić information content (AvgIpc) is 2.70. The summed E-state index contributed by atoms with van der Waals surface area (Å²) < 4.78 is 10.6. The number of amides is 1. The molecular weight excluding hydrogens is 382 g/mol. The van der Waals surface area contributed by atoms with E-state index in [1.165, 1.54) is 7.11 Å². The maximum atomic E-state index is 13.0. The molecule has 0 aliphatic rings. The highest BCUT2D eigenvalue weighted by molar-refractivity contribution is 6.02. The van der Waals surface area contributed by atoms with Crippen LogP contribution in [0.3, 0.4) is 0 Å². The van der Waals surface area contributed by atoms with Crippen LogP contribution in [0.5, 0.6) is 5.75 Å².